The molecular formula is C49H58N12O3. The molecule has 7 heterocycles. The topological polar surface area (TPSA) is 178 Å². The number of carbonyl (C=O) groups excluding carboxylic acids is 3. The van der Waals surface area contributed by atoms with Crippen LogP contribution in [0.2, 0.25) is 0 Å². The molecule has 15 nitrogen and oxygen atoms in total. The fourth-order valence-corrected chi connectivity index (χ4v) is 10.8. The van der Waals surface area contributed by atoms with Crippen molar-refractivity contribution in [2.24, 2.45) is 5.41 Å². The van der Waals surface area contributed by atoms with E-state index in [4.69, 9.17) is 15.1 Å². The maximum Gasteiger partial charge on any atom is 0.249 e. The van der Waals surface area contributed by atoms with Gasteiger partial charge in [-0.25, -0.2) is 14.5 Å². The van der Waals surface area contributed by atoms with Gasteiger partial charge in [0, 0.05) is 60.8 Å². The standard InChI is InChI=1S/C49H58N12O3/c1-2-49(48(64)55-37-4-3-5-37)20-24-59(25-21-49)43-16-8-34(27-51-43)45-46-35(26-50)28-53-61(46)31-42(56-45)36-29-52-60(30-36)40-13-11-39(12-14-40)58-22-18-33(19-23-58)32-6-9-38(10-7-32)54-41-15-17-44(62)57-47(41)63/h6-10,16,27-31,33,37,39-41,54H,2-5,11-15,17-25H2,1H3,(H,55,64)(H,57,62,63)/t39-,40-,41-/m0/s1. The van der Waals surface area contributed by atoms with Crippen LogP contribution in [0.3, 0.4) is 0 Å². The highest BCUT2D eigenvalue weighted by Crippen LogP contribution is 2.39. The predicted octanol–water partition coefficient (Wildman–Crippen LogP) is 6.77. The average molecular weight is 863 g/mol. The van der Waals surface area contributed by atoms with Gasteiger partial charge in [0.1, 0.15) is 29.0 Å². The molecule has 1 aromatic carbocycles. The Labute approximate surface area is 374 Å². The molecule has 0 bridgehead atoms. The van der Waals surface area contributed by atoms with Gasteiger partial charge >= 0.3 is 0 Å². The number of benzene rings is 1. The van der Waals surface area contributed by atoms with E-state index in [1.54, 1.807) is 10.7 Å². The van der Waals surface area contributed by atoms with Crippen LogP contribution in [0, 0.1) is 16.7 Å². The first kappa shape index (κ1) is 41.8. The van der Waals surface area contributed by atoms with Gasteiger partial charge in [-0.3, -0.25) is 24.4 Å². The lowest BCUT2D eigenvalue weighted by atomic mass is 9.74. The van der Waals surface area contributed by atoms with Gasteiger partial charge < -0.3 is 20.4 Å². The first-order valence-corrected chi connectivity index (χ1v) is 23.6. The van der Waals surface area contributed by atoms with Gasteiger partial charge in [-0.1, -0.05) is 19.1 Å². The third-order valence-corrected chi connectivity index (χ3v) is 15.2. The minimum absolute atomic E-state index is 0.201. The zero-order valence-electron chi connectivity index (χ0n) is 36.7. The molecule has 2 saturated carbocycles. The molecule has 3 amide bonds. The Bertz CT molecular complexity index is 2530. The summed E-state index contributed by atoms with van der Waals surface area (Å²) < 4.78 is 3.86. The van der Waals surface area contributed by atoms with E-state index < -0.39 is 0 Å². The Morgan fingerprint density at radius 2 is 1.62 bits per heavy atom. The first-order valence-electron chi connectivity index (χ1n) is 23.6. The summed E-state index contributed by atoms with van der Waals surface area (Å²) in [6, 6.07) is 15.7. The van der Waals surface area contributed by atoms with E-state index in [2.05, 4.69) is 79.0 Å². The van der Waals surface area contributed by atoms with Crippen LogP contribution >= 0.6 is 0 Å². The molecule has 3 aliphatic heterocycles. The molecule has 3 N–H and O–H groups in total. The SMILES string of the molecule is CCC1(C(=O)NC2CCC2)CCN(c2ccc(-c3nc(-c4cnn([C@H]5CC[C@H](N6CCC(c7ccc(N[C@H]8CCC(=O)NC8=O)cc7)CC6)CC5)c4)cn4ncc(C#N)c34)cn2)CC1. The van der Waals surface area contributed by atoms with E-state index in [-0.39, 0.29) is 29.2 Å². The number of likely N-dealkylation sites (tertiary alicyclic amines) is 1. The number of nitriles is 1. The molecule has 5 aromatic rings. The Hall–Kier alpha value is -6.14. The molecular weight excluding hydrogens is 805 g/mol. The van der Waals surface area contributed by atoms with E-state index in [0.29, 0.717) is 53.7 Å². The fourth-order valence-electron chi connectivity index (χ4n) is 10.8. The fraction of sp³-hybridized carbons (Fsp3) is 0.510. The number of nitrogens with one attached hydrogen (secondary N) is 3. The monoisotopic (exact) mass is 862 g/mol. The molecule has 64 heavy (non-hydrogen) atoms. The zero-order valence-corrected chi connectivity index (χ0v) is 36.7. The van der Waals surface area contributed by atoms with Crippen molar-refractivity contribution >= 4 is 34.7 Å². The highest BCUT2D eigenvalue weighted by atomic mass is 16.2. The smallest absolute Gasteiger partial charge is 0.249 e. The quantitative estimate of drug-likeness (QED) is 0.119. The Morgan fingerprint density at radius 1 is 0.859 bits per heavy atom. The summed E-state index contributed by atoms with van der Waals surface area (Å²) in [5.74, 6) is 1.17. The number of pyridine rings is 1. The van der Waals surface area contributed by atoms with E-state index in [9.17, 15) is 19.6 Å². The van der Waals surface area contributed by atoms with Crippen LogP contribution in [-0.2, 0) is 14.4 Å². The molecule has 0 radical (unpaired) electrons. The normalized spacial score (nSPS) is 23.3. The highest BCUT2D eigenvalue weighted by Gasteiger charge is 2.41. The number of hydrogen-bond donors (Lipinski definition) is 3. The van der Waals surface area contributed by atoms with Gasteiger partial charge in [-0.05, 0) is 132 Å². The highest BCUT2D eigenvalue weighted by molar-refractivity contribution is 6.01. The summed E-state index contributed by atoms with van der Waals surface area (Å²) in [5.41, 5.74) is 6.13. The van der Waals surface area contributed by atoms with Crippen molar-refractivity contribution in [2.45, 2.75) is 127 Å². The third kappa shape index (κ3) is 8.35. The summed E-state index contributed by atoms with van der Waals surface area (Å²) in [7, 11) is 0. The van der Waals surface area contributed by atoms with Crippen molar-refractivity contribution in [1.82, 2.24) is 44.9 Å². The number of nitrogens with zero attached hydrogens (tertiary/aromatic N) is 9. The molecule has 0 spiro atoms. The predicted molar refractivity (Wildman–Crippen MR) is 243 cm³/mol. The van der Waals surface area contributed by atoms with Crippen LogP contribution in [0.15, 0.2) is 67.4 Å². The van der Waals surface area contributed by atoms with Crippen LogP contribution in [0.1, 0.15) is 120 Å². The number of carbonyl (C=O) groups is 3. The van der Waals surface area contributed by atoms with Crippen LogP contribution < -0.4 is 20.9 Å². The van der Waals surface area contributed by atoms with E-state index in [0.717, 1.165) is 125 Å². The number of rotatable bonds is 11. The van der Waals surface area contributed by atoms with E-state index in [1.165, 1.54) is 12.0 Å². The van der Waals surface area contributed by atoms with Gasteiger partial charge in [0.2, 0.25) is 17.7 Å². The van der Waals surface area contributed by atoms with Crippen LogP contribution in [0.4, 0.5) is 11.5 Å². The molecule has 15 heteroatoms. The molecule has 332 valence electrons. The molecule has 3 saturated heterocycles. The number of hydrogen-bond acceptors (Lipinski definition) is 11. The lowest BCUT2D eigenvalue weighted by Gasteiger charge is -2.42. The molecule has 4 aromatic heterocycles. The van der Waals surface area contributed by atoms with Crippen molar-refractivity contribution in [3.8, 4) is 28.6 Å². The van der Waals surface area contributed by atoms with Crippen LogP contribution in [0.5, 0.6) is 0 Å². The minimum Gasteiger partial charge on any atom is -0.374 e. The number of anilines is 2. The Balaban J connectivity index is 0.752. The number of amides is 3. The third-order valence-electron chi connectivity index (χ3n) is 15.2. The Kier molecular flexibility index (Phi) is 11.6. The summed E-state index contributed by atoms with van der Waals surface area (Å²) in [6.45, 7) is 5.87. The molecule has 5 aliphatic rings. The Morgan fingerprint density at radius 3 is 2.30 bits per heavy atom. The van der Waals surface area contributed by atoms with Gasteiger partial charge in [0.15, 0.2) is 0 Å². The number of imide groups is 1. The molecule has 10 rings (SSSR count). The van der Waals surface area contributed by atoms with E-state index >= 15 is 0 Å². The van der Waals surface area contributed by atoms with Crippen LogP contribution in [0.25, 0.3) is 28.0 Å². The van der Waals surface area contributed by atoms with Crippen LogP contribution in [-0.4, -0.2) is 96.3 Å². The summed E-state index contributed by atoms with van der Waals surface area (Å²) in [5, 5.41) is 28.4. The second-order valence-electron chi connectivity index (χ2n) is 18.8. The summed E-state index contributed by atoms with van der Waals surface area (Å²) in [4.78, 5) is 52.0. The minimum atomic E-state index is -0.374. The van der Waals surface area contributed by atoms with Crippen molar-refractivity contribution in [3.63, 3.8) is 0 Å². The molecule has 2 aliphatic carbocycles. The van der Waals surface area contributed by atoms with Gasteiger partial charge in [0.25, 0.3) is 0 Å². The second-order valence-corrected chi connectivity index (χ2v) is 18.8. The van der Waals surface area contributed by atoms with Crippen molar-refractivity contribution in [3.05, 3.63) is 78.5 Å². The second kappa shape index (κ2) is 17.8. The maximum atomic E-state index is 13.3. The van der Waals surface area contributed by atoms with Gasteiger partial charge in [-0.15, -0.1) is 0 Å². The number of aromatic nitrogens is 6. The summed E-state index contributed by atoms with van der Waals surface area (Å²) in [6.07, 6.45) is 22.7. The van der Waals surface area contributed by atoms with Gasteiger partial charge in [-0.2, -0.15) is 15.5 Å². The van der Waals surface area contributed by atoms with Gasteiger partial charge in [0.05, 0.1) is 41.4 Å². The number of piperidine rings is 3. The number of fused-ring (bicyclic) bond motifs is 1. The largest absolute Gasteiger partial charge is 0.374 e. The van der Waals surface area contributed by atoms with Crippen molar-refractivity contribution in [1.29, 1.82) is 5.26 Å². The van der Waals surface area contributed by atoms with Crippen molar-refractivity contribution < 1.29 is 14.4 Å². The molecule has 0 unspecified atom stereocenters. The van der Waals surface area contributed by atoms with E-state index in [1.807, 2.05) is 30.7 Å². The van der Waals surface area contributed by atoms with Crippen molar-refractivity contribution in [2.75, 3.05) is 36.4 Å². The first-order chi connectivity index (χ1) is 31.3. The molecule has 5 fully saturated rings. The average Bonchev–Trinajstić information content (AvgIpc) is 4.00. The maximum absolute atomic E-state index is 13.3. The molecule has 1 atom stereocenters. The lowest BCUT2D eigenvalue weighted by Crippen LogP contribution is -2.52. The summed E-state index contributed by atoms with van der Waals surface area (Å²) >= 11 is 0. The zero-order chi connectivity index (χ0) is 43.8. The lowest BCUT2D eigenvalue weighted by molar-refractivity contribution is -0.134.